The molecule has 0 amide bonds. The maximum atomic E-state index is 4.44. The maximum absolute atomic E-state index is 4.44. The number of nitrogens with zero attached hydrogens (tertiary/aromatic N) is 2. The highest BCUT2D eigenvalue weighted by Crippen LogP contribution is 2.22. The van der Waals surface area contributed by atoms with Crippen molar-refractivity contribution in [2.75, 3.05) is 11.9 Å². The maximum Gasteiger partial charge on any atom is 0.132 e. The van der Waals surface area contributed by atoms with Gasteiger partial charge in [-0.3, -0.25) is 0 Å². The van der Waals surface area contributed by atoms with Gasteiger partial charge in [0.15, 0.2) is 0 Å². The fourth-order valence-corrected chi connectivity index (χ4v) is 1.93. The molecule has 0 N–H and O–H groups in total. The zero-order valence-corrected chi connectivity index (χ0v) is 11.6. The number of alkyl halides is 1. The van der Waals surface area contributed by atoms with Crippen LogP contribution < -0.4 is 4.90 Å². The lowest BCUT2D eigenvalue weighted by atomic mass is 10.2. The lowest BCUT2D eigenvalue weighted by molar-refractivity contribution is 1.11. The minimum absolute atomic E-state index is 0.842. The number of hydrogen-bond donors (Lipinski definition) is 0. The molecule has 0 saturated carbocycles. The summed E-state index contributed by atoms with van der Waals surface area (Å²) in [5.41, 5.74) is 3.60. The van der Waals surface area contributed by atoms with Crippen molar-refractivity contribution in [2.45, 2.75) is 12.3 Å². The molecule has 0 radical (unpaired) electrons. The van der Waals surface area contributed by atoms with Crippen LogP contribution in [0.1, 0.15) is 11.1 Å². The average Bonchev–Trinajstić information content (AvgIpc) is 2.39. The Kier molecular flexibility index (Phi) is 3.79. The largest absolute Gasteiger partial charge is 0.329 e. The third-order valence-electron chi connectivity index (χ3n) is 2.73. The second kappa shape index (κ2) is 5.32. The zero-order chi connectivity index (χ0) is 12.3. The fourth-order valence-electron chi connectivity index (χ4n) is 1.59. The Morgan fingerprint density at radius 2 is 1.82 bits per heavy atom. The molecule has 0 saturated heterocycles. The van der Waals surface area contributed by atoms with Crippen molar-refractivity contribution in [3.05, 3.63) is 53.7 Å². The number of hydrogen-bond acceptors (Lipinski definition) is 2. The number of pyridine rings is 1. The number of halogens is 1. The molecule has 1 aromatic carbocycles. The lowest BCUT2D eigenvalue weighted by Gasteiger charge is -2.18. The molecular formula is C14H15BrN2. The van der Waals surface area contributed by atoms with Crippen molar-refractivity contribution in [2.24, 2.45) is 0 Å². The van der Waals surface area contributed by atoms with Gasteiger partial charge in [-0.25, -0.2) is 4.98 Å². The quantitative estimate of drug-likeness (QED) is 0.793. The summed E-state index contributed by atoms with van der Waals surface area (Å²) >= 11 is 3.42. The summed E-state index contributed by atoms with van der Waals surface area (Å²) in [6, 6.07) is 12.6. The summed E-state index contributed by atoms with van der Waals surface area (Å²) in [5, 5.41) is 0.842. The smallest absolute Gasteiger partial charge is 0.132 e. The topological polar surface area (TPSA) is 16.1 Å². The number of rotatable bonds is 3. The van der Waals surface area contributed by atoms with E-state index < -0.39 is 0 Å². The summed E-state index contributed by atoms with van der Waals surface area (Å²) in [6.07, 6.45) is 1.90. The number of anilines is 2. The SMILES string of the molecule is Cc1ccc(N(C)c2ccc(CBr)cn2)cc1. The molecule has 3 heteroatoms. The highest BCUT2D eigenvalue weighted by Gasteiger charge is 2.04. The van der Waals surface area contributed by atoms with E-state index in [2.05, 4.69) is 63.1 Å². The van der Waals surface area contributed by atoms with Crippen LogP contribution >= 0.6 is 15.9 Å². The van der Waals surface area contributed by atoms with E-state index in [1.807, 2.05) is 19.3 Å². The normalized spacial score (nSPS) is 10.3. The molecule has 2 aromatic rings. The highest BCUT2D eigenvalue weighted by molar-refractivity contribution is 9.08. The monoisotopic (exact) mass is 290 g/mol. The number of benzene rings is 1. The molecule has 2 rings (SSSR count). The summed E-state index contributed by atoms with van der Waals surface area (Å²) < 4.78 is 0. The molecule has 0 aliphatic rings. The zero-order valence-electron chi connectivity index (χ0n) is 10.0. The first-order chi connectivity index (χ1) is 8.20. The highest BCUT2D eigenvalue weighted by atomic mass is 79.9. The Labute approximate surface area is 110 Å². The molecule has 0 atom stereocenters. The molecule has 0 aliphatic carbocycles. The van der Waals surface area contributed by atoms with Crippen LogP contribution in [0.4, 0.5) is 11.5 Å². The van der Waals surface area contributed by atoms with Crippen molar-refractivity contribution in [3.63, 3.8) is 0 Å². The van der Waals surface area contributed by atoms with Crippen LogP contribution in [0.25, 0.3) is 0 Å². The molecule has 0 fully saturated rings. The predicted molar refractivity (Wildman–Crippen MR) is 76.1 cm³/mol. The minimum Gasteiger partial charge on any atom is -0.329 e. The molecule has 17 heavy (non-hydrogen) atoms. The average molecular weight is 291 g/mol. The molecule has 1 heterocycles. The molecule has 0 aliphatic heterocycles. The number of aromatic nitrogens is 1. The summed E-state index contributed by atoms with van der Waals surface area (Å²) in [4.78, 5) is 6.52. The van der Waals surface area contributed by atoms with Crippen molar-refractivity contribution >= 4 is 27.4 Å². The van der Waals surface area contributed by atoms with Crippen LogP contribution in [0.15, 0.2) is 42.6 Å². The molecule has 0 spiro atoms. The first-order valence-electron chi connectivity index (χ1n) is 5.52. The summed E-state index contributed by atoms with van der Waals surface area (Å²) in [5.74, 6) is 0.957. The van der Waals surface area contributed by atoms with Crippen molar-refractivity contribution in [1.82, 2.24) is 4.98 Å². The van der Waals surface area contributed by atoms with Gasteiger partial charge in [-0.1, -0.05) is 39.7 Å². The van der Waals surface area contributed by atoms with Crippen LogP contribution in [0, 0.1) is 6.92 Å². The van der Waals surface area contributed by atoms with E-state index >= 15 is 0 Å². The Morgan fingerprint density at radius 1 is 1.12 bits per heavy atom. The van der Waals surface area contributed by atoms with Gasteiger partial charge in [-0.2, -0.15) is 0 Å². The van der Waals surface area contributed by atoms with Gasteiger partial charge >= 0.3 is 0 Å². The summed E-state index contributed by atoms with van der Waals surface area (Å²) in [7, 11) is 2.03. The van der Waals surface area contributed by atoms with Gasteiger partial charge in [0.2, 0.25) is 0 Å². The van der Waals surface area contributed by atoms with Gasteiger partial charge < -0.3 is 4.90 Å². The van der Waals surface area contributed by atoms with E-state index in [1.165, 1.54) is 11.1 Å². The van der Waals surface area contributed by atoms with Crippen molar-refractivity contribution < 1.29 is 0 Å². The Hall–Kier alpha value is -1.35. The van der Waals surface area contributed by atoms with E-state index in [0.29, 0.717) is 0 Å². The Bertz CT molecular complexity index is 477. The van der Waals surface area contributed by atoms with Crippen molar-refractivity contribution in [3.8, 4) is 0 Å². The molecule has 88 valence electrons. The van der Waals surface area contributed by atoms with Crippen LogP contribution in [-0.2, 0) is 5.33 Å². The third kappa shape index (κ3) is 2.86. The standard InChI is InChI=1S/C14H15BrN2/c1-11-3-6-13(7-4-11)17(2)14-8-5-12(9-15)10-16-14/h3-8,10H,9H2,1-2H3. The number of aryl methyl sites for hydroxylation is 1. The second-order valence-corrected chi connectivity index (χ2v) is 4.61. The molecule has 0 unspecified atom stereocenters. The molecule has 2 nitrogen and oxygen atoms in total. The minimum atomic E-state index is 0.842. The van der Waals surface area contributed by atoms with Gasteiger partial charge in [0, 0.05) is 24.3 Å². The second-order valence-electron chi connectivity index (χ2n) is 4.05. The lowest BCUT2D eigenvalue weighted by Crippen LogP contribution is -2.10. The molecule has 1 aromatic heterocycles. The van der Waals surface area contributed by atoms with Crippen molar-refractivity contribution in [1.29, 1.82) is 0 Å². The predicted octanol–water partition coefficient (Wildman–Crippen LogP) is 4.05. The van der Waals surface area contributed by atoms with E-state index in [4.69, 9.17) is 0 Å². The molecule has 0 bridgehead atoms. The van der Waals surface area contributed by atoms with Gasteiger partial charge in [0.1, 0.15) is 5.82 Å². The van der Waals surface area contributed by atoms with Crippen LogP contribution in [0.2, 0.25) is 0 Å². The van der Waals surface area contributed by atoms with Gasteiger partial charge in [-0.05, 0) is 30.7 Å². The van der Waals surface area contributed by atoms with E-state index in [-0.39, 0.29) is 0 Å². The summed E-state index contributed by atoms with van der Waals surface area (Å²) in [6.45, 7) is 2.09. The Morgan fingerprint density at radius 3 is 2.35 bits per heavy atom. The first kappa shape index (κ1) is 12.1. The van der Waals surface area contributed by atoms with E-state index in [0.717, 1.165) is 16.8 Å². The Balaban J connectivity index is 2.23. The van der Waals surface area contributed by atoms with Crippen LogP contribution in [0.5, 0.6) is 0 Å². The van der Waals surface area contributed by atoms with Crippen LogP contribution in [-0.4, -0.2) is 12.0 Å². The van der Waals surface area contributed by atoms with E-state index in [1.54, 1.807) is 0 Å². The van der Waals surface area contributed by atoms with Crippen LogP contribution in [0.3, 0.4) is 0 Å². The molecular weight excluding hydrogens is 276 g/mol. The first-order valence-corrected chi connectivity index (χ1v) is 6.64. The van der Waals surface area contributed by atoms with E-state index in [9.17, 15) is 0 Å². The van der Waals surface area contributed by atoms with Gasteiger partial charge in [-0.15, -0.1) is 0 Å². The fraction of sp³-hybridized carbons (Fsp3) is 0.214. The van der Waals surface area contributed by atoms with Gasteiger partial charge in [0.05, 0.1) is 0 Å². The third-order valence-corrected chi connectivity index (χ3v) is 3.38. The van der Waals surface area contributed by atoms with Gasteiger partial charge in [0.25, 0.3) is 0 Å².